The molecule has 2 aromatic carbocycles. The van der Waals surface area contributed by atoms with Gasteiger partial charge in [0.2, 0.25) is 5.89 Å². The molecular weight excluding hydrogens is 521 g/mol. The zero-order chi connectivity index (χ0) is 25.6. The average molecular weight is 545 g/mol. The molecule has 0 saturated heterocycles. The molecule has 7 nitrogen and oxygen atoms in total. The summed E-state index contributed by atoms with van der Waals surface area (Å²) in [7, 11) is 0. The Balaban J connectivity index is 1.78. The summed E-state index contributed by atoms with van der Waals surface area (Å²) < 4.78 is 7.64. The quantitative estimate of drug-likeness (QED) is 0.289. The normalized spacial score (nSPS) is 14.1. The number of benzene rings is 2. The van der Waals surface area contributed by atoms with E-state index in [4.69, 9.17) is 44.3 Å². The first-order valence-corrected chi connectivity index (χ1v) is 12.7. The Labute approximate surface area is 223 Å². The monoisotopic (exact) mass is 543 g/mol. The van der Waals surface area contributed by atoms with Crippen molar-refractivity contribution in [2.75, 3.05) is 0 Å². The van der Waals surface area contributed by atoms with Crippen molar-refractivity contribution >= 4 is 40.7 Å². The predicted octanol–water partition coefficient (Wildman–Crippen LogP) is 7.13. The predicted molar refractivity (Wildman–Crippen MR) is 141 cm³/mol. The Bertz CT molecular complexity index is 1430. The van der Waals surface area contributed by atoms with E-state index in [9.17, 15) is 4.79 Å². The number of carbonyl (C=O) groups excluding carboxylic acids is 1. The summed E-state index contributed by atoms with van der Waals surface area (Å²) in [6.07, 6.45) is 2.95. The van der Waals surface area contributed by atoms with E-state index < -0.39 is 0 Å². The van der Waals surface area contributed by atoms with Crippen LogP contribution in [0, 0.1) is 0 Å². The summed E-state index contributed by atoms with van der Waals surface area (Å²) in [5.41, 5.74) is 2.01. The smallest absolute Gasteiger partial charge is 0.269 e. The molecule has 1 fully saturated rings. The molecule has 0 spiro atoms. The summed E-state index contributed by atoms with van der Waals surface area (Å²) in [5.74, 6) is 0.319. The lowest BCUT2D eigenvalue weighted by Crippen LogP contribution is -2.39. The molecule has 0 radical (unpaired) electrons. The van der Waals surface area contributed by atoms with Gasteiger partial charge in [0.25, 0.3) is 11.8 Å². The van der Waals surface area contributed by atoms with Crippen LogP contribution in [0.15, 0.2) is 46.9 Å². The molecule has 1 aliphatic carbocycles. The minimum absolute atomic E-state index is 0.110. The van der Waals surface area contributed by atoms with Crippen LogP contribution in [0.3, 0.4) is 0 Å². The summed E-state index contributed by atoms with van der Waals surface area (Å²) in [5, 5.41) is 17.8. The van der Waals surface area contributed by atoms with E-state index in [0.29, 0.717) is 37.9 Å². The van der Waals surface area contributed by atoms with Gasteiger partial charge in [-0.15, -0.1) is 10.2 Å². The van der Waals surface area contributed by atoms with Crippen molar-refractivity contribution in [1.29, 1.82) is 0 Å². The topological polar surface area (TPSA) is 85.8 Å². The first-order valence-electron chi connectivity index (χ1n) is 11.6. The van der Waals surface area contributed by atoms with Crippen molar-refractivity contribution in [3.8, 4) is 28.5 Å². The van der Waals surface area contributed by atoms with Crippen LogP contribution in [0.2, 0.25) is 15.1 Å². The van der Waals surface area contributed by atoms with Crippen LogP contribution < -0.4 is 5.32 Å². The zero-order valence-corrected chi connectivity index (χ0v) is 22.2. The highest BCUT2D eigenvalue weighted by Gasteiger charge is 2.33. The number of amides is 1. The van der Waals surface area contributed by atoms with Gasteiger partial charge in [0, 0.05) is 27.1 Å². The summed E-state index contributed by atoms with van der Waals surface area (Å²) >= 11 is 18.9. The highest BCUT2D eigenvalue weighted by atomic mass is 35.5. The van der Waals surface area contributed by atoms with Gasteiger partial charge in [-0.05, 0) is 49.6 Å². The van der Waals surface area contributed by atoms with Crippen LogP contribution in [0.4, 0.5) is 0 Å². The van der Waals surface area contributed by atoms with Gasteiger partial charge in [0.1, 0.15) is 0 Å². The molecule has 1 amide bonds. The lowest BCUT2D eigenvalue weighted by Gasteiger charge is -2.26. The molecule has 5 rings (SSSR count). The maximum atomic E-state index is 13.8. The number of rotatable bonds is 5. The third-order valence-corrected chi connectivity index (χ3v) is 6.87. The molecule has 36 heavy (non-hydrogen) atoms. The lowest BCUT2D eigenvalue weighted by atomic mass is 9.92. The minimum atomic E-state index is -0.374. The van der Waals surface area contributed by atoms with E-state index in [1.165, 1.54) is 0 Å². The highest BCUT2D eigenvalue weighted by Crippen LogP contribution is 2.38. The maximum absolute atomic E-state index is 13.8. The zero-order valence-electron chi connectivity index (χ0n) is 20.0. The van der Waals surface area contributed by atoms with Crippen molar-refractivity contribution in [1.82, 2.24) is 25.3 Å². The molecule has 0 aliphatic heterocycles. The fourth-order valence-electron chi connectivity index (χ4n) is 3.92. The van der Waals surface area contributed by atoms with Crippen molar-refractivity contribution in [3.63, 3.8) is 0 Å². The van der Waals surface area contributed by atoms with Gasteiger partial charge in [-0.3, -0.25) is 4.79 Å². The van der Waals surface area contributed by atoms with Gasteiger partial charge >= 0.3 is 0 Å². The van der Waals surface area contributed by atoms with Crippen LogP contribution in [-0.4, -0.2) is 31.9 Å². The van der Waals surface area contributed by atoms with Crippen LogP contribution >= 0.6 is 34.8 Å². The third kappa shape index (κ3) is 4.75. The molecular formula is C26H24Cl3N5O2. The summed E-state index contributed by atoms with van der Waals surface area (Å²) in [6.45, 7) is 5.92. The van der Waals surface area contributed by atoms with E-state index in [1.807, 2.05) is 32.9 Å². The average Bonchev–Trinajstić information content (AvgIpc) is 3.42. The summed E-state index contributed by atoms with van der Waals surface area (Å²) in [4.78, 5) is 13.8. The minimum Gasteiger partial charge on any atom is -0.419 e. The molecule has 4 aromatic rings. The second-order valence-corrected chi connectivity index (χ2v) is 11.1. The van der Waals surface area contributed by atoms with E-state index in [-0.39, 0.29) is 28.9 Å². The van der Waals surface area contributed by atoms with Gasteiger partial charge in [-0.2, -0.15) is 5.10 Å². The number of nitrogens with one attached hydrogen (secondary N) is 1. The van der Waals surface area contributed by atoms with E-state index in [0.717, 1.165) is 24.8 Å². The van der Waals surface area contributed by atoms with Crippen LogP contribution in [0.1, 0.15) is 56.3 Å². The van der Waals surface area contributed by atoms with Gasteiger partial charge in [-0.25, -0.2) is 4.68 Å². The Morgan fingerprint density at radius 1 is 1.03 bits per heavy atom. The molecule has 0 bridgehead atoms. The van der Waals surface area contributed by atoms with Gasteiger partial charge < -0.3 is 9.73 Å². The Kier molecular flexibility index (Phi) is 6.57. The first-order chi connectivity index (χ1) is 17.1. The molecule has 2 heterocycles. The third-order valence-electron chi connectivity index (χ3n) is 6.08. The number of hydrogen-bond acceptors (Lipinski definition) is 5. The highest BCUT2D eigenvalue weighted by molar-refractivity contribution is 6.35. The second-order valence-electron chi connectivity index (χ2n) is 9.85. The van der Waals surface area contributed by atoms with Crippen molar-refractivity contribution in [2.45, 2.75) is 51.5 Å². The Morgan fingerprint density at radius 3 is 2.31 bits per heavy atom. The maximum Gasteiger partial charge on any atom is 0.269 e. The molecule has 0 unspecified atom stereocenters. The molecule has 2 aromatic heterocycles. The largest absolute Gasteiger partial charge is 0.419 e. The molecule has 1 N–H and O–H groups in total. The molecule has 10 heteroatoms. The van der Waals surface area contributed by atoms with Crippen LogP contribution in [-0.2, 0) is 5.41 Å². The van der Waals surface area contributed by atoms with E-state index in [2.05, 4.69) is 15.5 Å². The number of hydrogen-bond donors (Lipinski definition) is 1. The molecule has 1 aliphatic rings. The standard InChI is InChI=1S/C26H24Cl3N5O2/c1-26(2,3)25-32-31-24(36-25)21-20(23(35)30-17-5-4-6-17)22(14-7-9-15(27)10-8-14)34(33-21)19-12-11-16(28)13-18(19)29/h7-13,17H,4-6H2,1-3H3,(H,30,35). The number of nitrogens with zero attached hydrogens (tertiary/aromatic N) is 4. The Hall–Kier alpha value is -2.87. The van der Waals surface area contributed by atoms with E-state index >= 15 is 0 Å². The van der Waals surface area contributed by atoms with Crippen molar-refractivity contribution < 1.29 is 9.21 Å². The first kappa shape index (κ1) is 24.8. The molecule has 186 valence electrons. The van der Waals surface area contributed by atoms with Gasteiger partial charge in [0.15, 0.2) is 5.69 Å². The number of halogens is 3. The van der Waals surface area contributed by atoms with Crippen LogP contribution in [0.25, 0.3) is 28.5 Å². The van der Waals surface area contributed by atoms with Crippen molar-refractivity contribution in [3.05, 3.63) is 69.0 Å². The van der Waals surface area contributed by atoms with E-state index in [1.54, 1.807) is 35.0 Å². The number of carbonyl (C=O) groups is 1. The van der Waals surface area contributed by atoms with Gasteiger partial charge in [0.05, 0.1) is 22.0 Å². The molecule has 1 saturated carbocycles. The van der Waals surface area contributed by atoms with Crippen molar-refractivity contribution in [2.24, 2.45) is 0 Å². The van der Waals surface area contributed by atoms with Gasteiger partial charge in [-0.1, -0.05) is 67.7 Å². The lowest BCUT2D eigenvalue weighted by molar-refractivity contribution is 0.0918. The SMILES string of the molecule is CC(C)(C)c1nnc(-c2nn(-c3ccc(Cl)cc3Cl)c(-c3ccc(Cl)cc3)c2C(=O)NC2CCC2)o1. The number of aromatic nitrogens is 4. The molecule has 0 atom stereocenters. The van der Waals surface area contributed by atoms with Crippen LogP contribution in [0.5, 0.6) is 0 Å². The summed E-state index contributed by atoms with van der Waals surface area (Å²) in [6, 6.07) is 12.4. The fourth-order valence-corrected chi connectivity index (χ4v) is 4.53. The fraction of sp³-hybridized carbons (Fsp3) is 0.308. The second kappa shape index (κ2) is 9.54. The Morgan fingerprint density at radius 2 is 1.72 bits per heavy atom.